The minimum atomic E-state index is -0.447. The first-order chi connectivity index (χ1) is 8.61. The molecular weight excluding hydrogens is 226 g/mol. The average molecular weight is 255 g/mol. The number of carbonyl (C=O) groups excluding carboxylic acids is 1. The Hall–Kier alpha value is -0.830. The van der Waals surface area contributed by atoms with E-state index in [0.717, 1.165) is 18.5 Å². The molecule has 0 rings (SSSR count). The van der Waals surface area contributed by atoms with Crippen molar-refractivity contribution in [2.45, 2.75) is 71.8 Å². The first-order valence-corrected chi connectivity index (χ1v) is 7.21. The summed E-state index contributed by atoms with van der Waals surface area (Å²) in [5.41, 5.74) is 0.938. The molecule has 0 aliphatic rings. The molecule has 0 saturated carbocycles. The molecule has 0 aromatic carbocycles. The number of aliphatic hydroxyl groups is 1. The lowest BCUT2D eigenvalue weighted by Crippen LogP contribution is -2.24. The van der Waals surface area contributed by atoms with Gasteiger partial charge in [0.1, 0.15) is 0 Å². The molecule has 0 fully saturated rings. The molecule has 2 N–H and O–H groups in total. The van der Waals surface area contributed by atoms with Crippen molar-refractivity contribution in [3.05, 3.63) is 11.6 Å². The molecular formula is C15H29NO2. The minimum absolute atomic E-state index is 0.0884. The molecule has 0 heterocycles. The van der Waals surface area contributed by atoms with E-state index in [0.29, 0.717) is 12.8 Å². The number of rotatable bonds is 10. The Bertz CT molecular complexity index is 247. The molecule has 1 amide bonds. The second-order valence-corrected chi connectivity index (χ2v) is 4.80. The first kappa shape index (κ1) is 17.2. The lowest BCUT2D eigenvalue weighted by Gasteiger charge is -2.10. The Morgan fingerprint density at radius 3 is 2.44 bits per heavy atom. The fourth-order valence-electron chi connectivity index (χ4n) is 1.90. The maximum atomic E-state index is 11.6. The summed E-state index contributed by atoms with van der Waals surface area (Å²) in [5.74, 6) is 0.0884. The van der Waals surface area contributed by atoms with Gasteiger partial charge in [-0.1, -0.05) is 38.7 Å². The van der Waals surface area contributed by atoms with Gasteiger partial charge in [-0.2, -0.15) is 0 Å². The maximum Gasteiger partial charge on any atom is 0.220 e. The van der Waals surface area contributed by atoms with Crippen molar-refractivity contribution >= 4 is 5.91 Å². The van der Waals surface area contributed by atoms with Gasteiger partial charge in [0, 0.05) is 13.0 Å². The largest absolute Gasteiger partial charge is 0.389 e. The average Bonchev–Trinajstić information content (AvgIpc) is 2.34. The van der Waals surface area contributed by atoms with E-state index in [1.807, 2.05) is 13.0 Å². The summed E-state index contributed by atoms with van der Waals surface area (Å²) >= 11 is 0. The number of unbranched alkanes of at least 4 members (excludes halogenated alkanes) is 4. The van der Waals surface area contributed by atoms with Gasteiger partial charge in [0.15, 0.2) is 0 Å². The van der Waals surface area contributed by atoms with E-state index in [-0.39, 0.29) is 5.91 Å². The van der Waals surface area contributed by atoms with Crippen LogP contribution in [0.5, 0.6) is 0 Å². The molecule has 0 radical (unpaired) electrons. The van der Waals surface area contributed by atoms with Crippen LogP contribution in [0.3, 0.4) is 0 Å². The van der Waals surface area contributed by atoms with Gasteiger partial charge >= 0.3 is 0 Å². The number of nitrogens with one attached hydrogen (secondary N) is 1. The Balaban J connectivity index is 3.54. The van der Waals surface area contributed by atoms with E-state index >= 15 is 0 Å². The van der Waals surface area contributed by atoms with Crippen LogP contribution in [0.4, 0.5) is 0 Å². The monoisotopic (exact) mass is 255 g/mol. The third-order valence-electron chi connectivity index (χ3n) is 3.15. The quantitative estimate of drug-likeness (QED) is 0.465. The van der Waals surface area contributed by atoms with Crippen LogP contribution < -0.4 is 5.32 Å². The lowest BCUT2D eigenvalue weighted by atomic mass is 10.1. The van der Waals surface area contributed by atoms with Crippen LogP contribution in [0.2, 0.25) is 0 Å². The summed E-state index contributed by atoms with van der Waals surface area (Å²) < 4.78 is 0. The standard InChI is InChI=1S/C15H29NO2/c1-4-6-7-8-9-12-16-15(18)11-10-14(5-2)13(3)17/h5,13,17H,4,6-12H2,1-3H3,(H,16,18)/b14-5-. The predicted molar refractivity (Wildman–Crippen MR) is 76.4 cm³/mol. The third-order valence-corrected chi connectivity index (χ3v) is 3.15. The van der Waals surface area contributed by atoms with Crippen molar-refractivity contribution in [2.75, 3.05) is 6.54 Å². The molecule has 106 valence electrons. The Labute approximate surface area is 112 Å². The van der Waals surface area contributed by atoms with Gasteiger partial charge in [0.25, 0.3) is 0 Å². The van der Waals surface area contributed by atoms with Crippen LogP contribution in [0.1, 0.15) is 65.7 Å². The Morgan fingerprint density at radius 1 is 1.22 bits per heavy atom. The highest BCUT2D eigenvalue weighted by Crippen LogP contribution is 2.09. The summed E-state index contributed by atoms with van der Waals surface area (Å²) in [6, 6.07) is 0. The van der Waals surface area contributed by atoms with Gasteiger partial charge in [0.05, 0.1) is 6.10 Å². The van der Waals surface area contributed by atoms with E-state index in [1.165, 1.54) is 25.7 Å². The van der Waals surface area contributed by atoms with Crippen LogP contribution in [0.25, 0.3) is 0 Å². The van der Waals surface area contributed by atoms with Gasteiger partial charge in [0.2, 0.25) is 5.91 Å². The van der Waals surface area contributed by atoms with Crippen LogP contribution in [0.15, 0.2) is 11.6 Å². The minimum Gasteiger partial charge on any atom is -0.389 e. The molecule has 0 aliphatic heterocycles. The molecule has 0 aliphatic carbocycles. The van der Waals surface area contributed by atoms with Crippen LogP contribution >= 0.6 is 0 Å². The molecule has 1 atom stereocenters. The smallest absolute Gasteiger partial charge is 0.220 e. The molecule has 0 saturated heterocycles. The normalized spacial score (nSPS) is 13.4. The second kappa shape index (κ2) is 11.3. The number of allylic oxidation sites excluding steroid dienone is 1. The zero-order chi connectivity index (χ0) is 13.8. The fourth-order valence-corrected chi connectivity index (χ4v) is 1.90. The maximum absolute atomic E-state index is 11.6. The van der Waals surface area contributed by atoms with Gasteiger partial charge in [-0.05, 0) is 32.3 Å². The van der Waals surface area contributed by atoms with Crippen LogP contribution in [-0.2, 0) is 4.79 Å². The first-order valence-electron chi connectivity index (χ1n) is 7.21. The Morgan fingerprint density at radius 2 is 1.89 bits per heavy atom. The zero-order valence-corrected chi connectivity index (χ0v) is 12.2. The zero-order valence-electron chi connectivity index (χ0n) is 12.2. The van der Waals surface area contributed by atoms with Gasteiger partial charge < -0.3 is 10.4 Å². The highest BCUT2D eigenvalue weighted by Gasteiger charge is 2.07. The number of hydrogen-bond acceptors (Lipinski definition) is 2. The van der Waals surface area contributed by atoms with Gasteiger partial charge in [-0.25, -0.2) is 0 Å². The highest BCUT2D eigenvalue weighted by atomic mass is 16.3. The second-order valence-electron chi connectivity index (χ2n) is 4.80. The van der Waals surface area contributed by atoms with E-state index in [4.69, 9.17) is 0 Å². The number of aliphatic hydroxyl groups excluding tert-OH is 1. The van der Waals surface area contributed by atoms with E-state index < -0.39 is 6.10 Å². The predicted octanol–water partition coefficient (Wildman–Crippen LogP) is 3.18. The summed E-state index contributed by atoms with van der Waals surface area (Å²) in [6.07, 6.45) is 8.62. The summed E-state index contributed by atoms with van der Waals surface area (Å²) in [4.78, 5) is 11.6. The summed E-state index contributed by atoms with van der Waals surface area (Å²) in [7, 11) is 0. The van der Waals surface area contributed by atoms with E-state index in [2.05, 4.69) is 12.2 Å². The third kappa shape index (κ3) is 9.23. The van der Waals surface area contributed by atoms with Gasteiger partial charge in [-0.3, -0.25) is 4.79 Å². The van der Waals surface area contributed by atoms with Crippen molar-refractivity contribution in [3.63, 3.8) is 0 Å². The molecule has 0 spiro atoms. The summed E-state index contributed by atoms with van der Waals surface area (Å²) in [6.45, 7) is 6.61. The van der Waals surface area contributed by atoms with Crippen molar-refractivity contribution in [1.29, 1.82) is 0 Å². The van der Waals surface area contributed by atoms with E-state index in [1.54, 1.807) is 6.92 Å². The SMILES string of the molecule is C/C=C(/CCC(=O)NCCCCCCC)C(C)O. The fraction of sp³-hybridized carbons (Fsp3) is 0.800. The number of amides is 1. The summed E-state index contributed by atoms with van der Waals surface area (Å²) in [5, 5.41) is 12.4. The van der Waals surface area contributed by atoms with Crippen molar-refractivity contribution in [2.24, 2.45) is 0 Å². The molecule has 3 nitrogen and oxygen atoms in total. The van der Waals surface area contributed by atoms with E-state index in [9.17, 15) is 9.90 Å². The Kier molecular flexibility index (Phi) is 10.8. The van der Waals surface area contributed by atoms with Crippen molar-refractivity contribution < 1.29 is 9.90 Å². The van der Waals surface area contributed by atoms with Crippen molar-refractivity contribution in [1.82, 2.24) is 5.32 Å². The van der Waals surface area contributed by atoms with Gasteiger partial charge in [-0.15, -0.1) is 0 Å². The number of carbonyl (C=O) groups is 1. The van der Waals surface area contributed by atoms with Crippen LogP contribution in [-0.4, -0.2) is 23.7 Å². The van der Waals surface area contributed by atoms with Crippen LogP contribution in [0, 0.1) is 0 Å². The molecule has 0 aromatic rings. The highest BCUT2D eigenvalue weighted by molar-refractivity contribution is 5.76. The lowest BCUT2D eigenvalue weighted by molar-refractivity contribution is -0.121. The number of hydrogen-bond donors (Lipinski definition) is 2. The topological polar surface area (TPSA) is 49.3 Å². The molecule has 0 aromatic heterocycles. The van der Waals surface area contributed by atoms with Crippen molar-refractivity contribution in [3.8, 4) is 0 Å². The molecule has 1 unspecified atom stereocenters. The molecule has 3 heteroatoms. The molecule has 0 bridgehead atoms. The molecule has 18 heavy (non-hydrogen) atoms.